The minimum absolute atomic E-state index is 0.0601. The molecule has 21 heavy (non-hydrogen) atoms. The quantitative estimate of drug-likeness (QED) is 0.773. The van der Waals surface area contributed by atoms with Crippen LogP contribution in [0.25, 0.3) is 0 Å². The van der Waals surface area contributed by atoms with E-state index in [0.29, 0.717) is 17.7 Å². The zero-order valence-corrected chi connectivity index (χ0v) is 13.8. The summed E-state index contributed by atoms with van der Waals surface area (Å²) in [5.74, 6) is 0.147. The van der Waals surface area contributed by atoms with Crippen LogP contribution in [0.3, 0.4) is 0 Å². The molecule has 0 aliphatic heterocycles. The SMILES string of the molecule is CCCC(O)C(O)CC(C)c1ccc(S(=O)(=O)CC)cc1. The molecule has 0 fully saturated rings. The first-order valence-corrected chi connectivity index (χ1v) is 9.15. The van der Waals surface area contributed by atoms with Gasteiger partial charge in [0.1, 0.15) is 0 Å². The van der Waals surface area contributed by atoms with Crippen molar-refractivity contribution in [3.63, 3.8) is 0 Å². The van der Waals surface area contributed by atoms with Crippen molar-refractivity contribution in [1.29, 1.82) is 0 Å². The van der Waals surface area contributed by atoms with Crippen LogP contribution in [0.15, 0.2) is 29.2 Å². The van der Waals surface area contributed by atoms with E-state index in [1.807, 2.05) is 13.8 Å². The van der Waals surface area contributed by atoms with Crippen molar-refractivity contribution in [2.45, 2.75) is 63.1 Å². The molecule has 0 radical (unpaired) electrons. The lowest BCUT2D eigenvalue weighted by molar-refractivity contribution is 0.00637. The molecule has 0 heterocycles. The number of aliphatic hydroxyl groups excluding tert-OH is 2. The van der Waals surface area contributed by atoms with E-state index in [1.165, 1.54) is 0 Å². The standard InChI is InChI=1S/C16H26O4S/c1-4-6-15(17)16(18)11-12(3)13-7-9-14(10-8-13)21(19,20)5-2/h7-10,12,15-18H,4-6,11H2,1-3H3. The smallest absolute Gasteiger partial charge is 0.178 e. The van der Waals surface area contributed by atoms with Crippen molar-refractivity contribution >= 4 is 9.84 Å². The van der Waals surface area contributed by atoms with Crippen molar-refractivity contribution in [1.82, 2.24) is 0 Å². The Morgan fingerprint density at radius 1 is 1.05 bits per heavy atom. The maximum absolute atomic E-state index is 11.7. The van der Waals surface area contributed by atoms with E-state index in [0.717, 1.165) is 12.0 Å². The molecule has 0 spiro atoms. The van der Waals surface area contributed by atoms with Crippen LogP contribution in [0.2, 0.25) is 0 Å². The summed E-state index contributed by atoms with van der Waals surface area (Å²) < 4.78 is 23.5. The maximum Gasteiger partial charge on any atom is 0.178 e. The van der Waals surface area contributed by atoms with Gasteiger partial charge in [-0.25, -0.2) is 8.42 Å². The molecule has 4 nitrogen and oxygen atoms in total. The van der Waals surface area contributed by atoms with Crippen LogP contribution >= 0.6 is 0 Å². The van der Waals surface area contributed by atoms with E-state index in [4.69, 9.17) is 0 Å². The fourth-order valence-electron chi connectivity index (χ4n) is 2.31. The summed E-state index contributed by atoms with van der Waals surface area (Å²) in [6.07, 6.45) is 0.426. The highest BCUT2D eigenvalue weighted by molar-refractivity contribution is 7.91. The molecule has 0 amide bonds. The molecule has 3 unspecified atom stereocenters. The summed E-state index contributed by atoms with van der Waals surface area (Å²) in [6, 6.07) is 6.79. The highest BCUT2D eigenvalue weighted by Crippen LogP contribution is 2.24. The van der Waals surface area contributed by atoms with Gasteiger partial charge in [0.05, 0.1) is 22.9 Å². The molecule has 0 aliphatic carbocycles. The molecular formula is C16H26O4S. The summed E-state index contributed by atoms with van der Waals surface area (Å²) in [4.78, 5) is 0.326. The molecule has 0 aromatic heterocycles. The van der Waals surface area contributed by atoms with Crippen molar-refractivity contribution in [3.05, 3.63) is 29.8 Å². The van der Waals surface area contributed by atoms with Crippen LogP contribution in [-0.4, -0.2) is 36.6 Å². The summed E-state index contributed by atoms with van der Waals surface area (Å²) in [5, 5.41) is 19.7. The average molecular weight is 314 g/mol. The number of sulfone groups is 1. The Bertz CT molecular complexity index is 522. The molecule has 3 atom stereocenters. The predicted octanol–water partition coefficient (Wildman–Crippen LogP) is 2.50. The van der Waals surface area contributed by atoms with Crippen molar-refractivity contribution in [3.8, 4) is 0 Å². The van der Waals surface area contributed by atoms with Gasteiger partial charge < -0.3 is 10.2 Å². The molecular weight excluding hydrogens is 288 g/mol. The van der Waals surface area contributed by atoms with Gasteiger partial charge >= 0.3 is 0 Å². The van der Waals surface area contributed by atoms with E-state index >= 15 is 0 Å². The second-order valence-corrected chi connectivity index (χ2v) is 7.81. The largest absolute Gasteiger partial charge is 0.390 e. The van der Waals surface area contributed by atoms with Crippen molar-refractivity contribution < 1.29 is 18.6 Å². The van der Waals surface area contributed by atoms with Crippen LogP contribution in [-0.2, 0) is 9.84 Å². The molecule has 0 saturated carbocycles. The third kappa shape index (κ3) is 5.09. The number of hydrogen-bond donors (Lipinski definition) is 2. The average Bonchev–Trinajstić information content (AvgIpc) is 2.47. The van der Waals surface area contributed by atoms with Crippen LogP contribution in [0.4, 0.5) is 0 Å². The van der Waals surface area contributed by atoms with Gasteiger partial charge in [-0.1, -0.05) is 39.3 Å². The first-order valence-electron chi connectivity index (χ1n) is 7.50. The highest BCUT2D eigenvalue weighted by Gasteiger charge is 2.19. The van der Waals surface area contributed by atoms with E-state index in [9.17, 15) is 18.6 Å². The Morgan fingerprint density at radius 2 is 1.62 bits per heavy atom. The molecule has 1 rings (SSSR count). The van der Waals surface area contributed by atoms with Gasteiger partial charge in [-0.2, -0.15) is 0 Å². The van der Waals surface area contributed by atoms with Crippen LogP contribution in [0, 0.1) is 0 Å². The normalized spacial score (nSPS) is 16.4. The topological polar surface area (TPSA) is 74.6 Å². The van der Waals surface area contributed by atoms with Crippen molar-refractivity contribution in [2.75, 3.05) is 5.75 Å². The van der Waals surface area contributed by atoms with Gasteiger partial charge in [-0.05, 0) is 36.5 Å². The molecule has 120 valence electrons. The fourth-order valence-corrected chi connectivity index (χ4v) is 3.20. The van der Waals surface area contributed by atoms with E-state index in [2.05, 4.69) is 0 Å². The minimum atomic E-state index is -3.17. The van der Waals surface area contributed by atoms with Crippen LogP contribution in [0.1, 0.15) is 51.5 Å². The van der Waals surface area contributed by atoms with E-state index in [1.54, 1.807) is 31.2 Å². The summed E-state index contributed by atoms with van der Waals surface area (Å²) in [5.41, 5.74) is 0.966. The first kappa shape index (κ1) is 18.1. The number of hydrogen-bond acceptors (Lipinski definition) is 4. The molecule has 0 bridgehead atoms. The van der Waals surface area contributed by atoms with E-state index < -0.39 is 22.0 Å². The molecule has 5 heteroatoms. The molecule has 2 N–H and O–H groups in total. The van der Waals surface area contributed by atoms with Crippen molar-refractivity contribution in [2.24, 2.45) is 0 Å². The zero-order valence-electron chi connectivity index (χ0n) is 13.0. The Balaban J connectivity index is 2.74. The third-order valence-corrected chi connectivity index (χ3v) is 5.56. The third-order valence-electron chi connectivity index (χ3n) is 3.81. The first-order chi connectivity index (χ1) is 9.81. The zero-order chi connectivity index (χ0) is 16.0. The Morgan fingerprint density at radius 3 is 2.10 bits per heavy atom. The monoisotopic (exact) mass is 314 g/mol. The van der Waals surface area contributed by atoms with Gasteiger partial charge in [0.2, 0.25) is 0 Å². The number of aliphatic hydroxyl groups is 2. The highest BCUT2D eigenvalue weighted by atomic mass is 32.2. The second-order valence-electron chi connectivity index (χ2n) is 5.53. The molecule has 1 aromatic carbocycles. The van der Waals surface area contributed by atoms with Gasteiger partial charge in [0.25, 0.3) is 0 Å². The lowest BCUT2D eigenvalue weighted by Crippen LogP contribution is -2.27. The van der Waals surface area contributed by atoms with Gasteiger partial charge in [-0.15, -0.1) is 0 Å². The Kier molecular flexibility index (Phi) is 6.84. The molecule has 1 aromatic rings. The number of benzene rings is 1. The summed E-state index contributed by atoms with van der Waals surface area (Å²) in [7, 11) is -3.17. The van der Waals surface area contributed by atoms with Gasteiger partial charge in [0, 0.05) is 0 Å². The lowest BCUT2D eigenvalue weighted by Gasteiger charge is -2.21. The van der Waals surface area contributed by atoms with Gasteiger partial charge in [0.15, 0.2) is 9.84 Å². The second kappa shape index (κ2) is 7.92. The Hall–Kier alpha value is -0.910. The maximum atomic E-state index is 11.7. The van der Waals surface area contributed by atoms with Crippen LogP contribution < -0.4 is 0 Å². The number of rotatable bonds is 8. The summed E-state index contributed by atoms with van der Waals surface area (Å²) >= 11 is 0. The fraction of sp³-hybridized carbons (Fsp3) is 0.625. The predicted molar refractivity (Wildman–Crippen MR) is 84.1 cm³/mol. The van der Waals surface area contributed by atoms with E-state index in [-0.39, 0.29) is 11.7 Å². The summed E-state index contributed by atoms with van der Waals surface area (Å²) in [6.45, 7) is 5.55. The molecule has 0 aliphatic rings. The minimum Gasteiger partial charge on any atom is -0.390 e. The molecule has 0 saturated heterocycles. The Labute approximate surface area is 127 Å². The van der Waals surface area contributed by atoms with Crippen LogP contribution in [0.5, 0.6) is 0 Å². The van der Waals surface area contributed by atoms with Gasteiger partial charge in [-0.3, -0.25) is 0 Å². The lowest BCUT2D eigenvalue weighted by atomic mass is 9.92.